The van der Waals surface area contributed by atoms with Crippen molar-refractivity contribution < 1.29 is 9.59 Å². The van der Waals surface area contributed by atoms with E-state index in [0.29, 0.717) is 40.1 Å². The topological polar surface area (TPSA) is 102 Å². The van der Waals surface area contributed by atoms with Gasteiger partial charge in [-0.25, -0.2) is 9.67 Å². The van der Waals surface area contributed by atoms with Gasteiger partial charge < -0.3 is 10.6 Å². The van der Waals surface area contributed by atoms with Crippen molar-refractivity contribution in [1.82, 2.24) is 25.1 Å². The van der Waals surface area contributed by atoms with Crippen LogP contribution in [0.15, 0.2) is 91.4 Å². The van der Waals surface area contributed by atoms with Crippen LogP contribution in [0.25, 0.3) is 22.3 Å². The molecule has 0 spiro atoms. The Morgan fingerprint density at radius 3 is 2.46 bits per heavy atom. The molecule has 0 bridgehead atoms. The van der Waals surface area contributed by atoms with Crippen molar-refractivity contribution in [2.24, 2.45) is 0 Å². The fourth-order valence-electron chi connectivity index (χ4n) is 4.08. The maximum atomic E-state index is 13.4. The van der Waals surface area contributed by atoms with Crippen LogP contribution in [0.3, 0.4) is 0 Å². The molecule has 0 aliphatic heterocycles. The lowest BCUT2D eigenvalue weighted by Crippen LogP contribution is -2.23. The third-order valence-electron chi connectivity index (χ3n) is 5.95. The zero-order valence-corrected chi connectivity index (χ0v) is 20.6. The summed E-state index contributed by atoms with van der Waals surface area (Å²) in [5, 5.41) is 11.1. The average Bonchev–Trinajstić information content (AvgIpc) is 3.37. The highest BCUT2D eigenvalue weighted by Crippen LogP contribution is 2.26. The number of benzene rings is 2. The predicted octanol–water partition coefficient (Wildman–Crippen LogP) is 5.26. The molecule has 184 valence electrons. The summed E-state index contributed by atoms with van der Waals surface area (Å²) >= 11 is 0. The summed E-state index contributed by atoms with van der Waals surface area (Å²) in [6, 6.07) is 22.4. The van der Waals surface area contributed by atoms with Gasteiger partial charge >= 0.3 is 0 Å². The second kappa shape index (κ2) is 10.4. The summed E-state index contributed by atoms with van der Waals surface area (Å²) in [6.45, 7) is 4.35. The first-order valence-corrected chi connectivity index (χ1v) is 12.0. The number of nitrogens with zero attached hydrogens (tertiary/aromatic N) is 4. The van der Waals surface area contributed by atoms with E-state index in [2.05, 4.69) is 20.7 Å². The zero-order valence-electron chi connectivity index (χ0n) is 20.6. The number of fused-ring (bicyclic) bond motifs is 1. The molecule has 0 unspecified atom stereocenters. The molecule has 0 radical (unpaired) electrons. The summed E-state index contributed by atoms with van der Waals surface area (Å²) in [5.74, 6) is -0.447. The van der Waals surface area contributed by atoms with Crippen LogP contribution in [0, 0.1) is 0 Å². The van der Waals surface area contributed by atoms with Crippen molar-refractivity contribution in [2.75, 3.05) is 5.32 Å². The van der Waals surface area contributed by atoms with Crippen LogP contribution in [-0.4, -0.2) is 31.6 Å². The first-order chi connectivity index (χ1) is 18.0. The van der Waals surface area contributed by atoms with Gasteiger partial charge in [-0.05, 0) is 49.7 Å². The van der Waals surface area contributed by atoms with Crippen molar-refractivity contribution in [3.8, 4) is 11.3 Å². The first-order valence-electron chi connectivity index (χ1n) is 12.0. The smallest absolute Gasteiger partial charge is 0.255 e. The molecule has 3 aromatic heterocycles. The number of amides is 2. The molecule has 8 heteroatoms. The van der Waals surface area contributed by atoms with E-state index in [-0.39, 0.29) is 17.9 Å². The van der Waals surface area contributed by atoms with Gasteiger partial charge in [-0.2, -0.15) is 5.10 Å². The minimum atomic E-state index is -0.224. The van der Waals surface area contributed by atoms with E-state index in [1.807, 2.05) is 79.2 Å². The van der Waals surface area contributed by atoms with E-state index in [4.69, 9.17) is 4.98 Å². The van der Waals surface area contributed by atoms with Crippen LogP contribution in [0.1, 0.15) is 46.2 Å². The fraction of sp³-hybridized carbons (Fsp3) is 0.138. The molecule has 0 saturated carbocycles. The van der Waals surface area contributed by atoms with Crippen LogP contribution >= 0.6 is 0 Å². The number of anilines is 1. The maximum Gasteiger partial charge on any atom is 0.255 e. The normalized spacial score (nSPS) is 11.0. The van der Waals surface area contributed by atoms with Crippen molar-refractivity contribution in [1.29, 1.82) is 0 Å². The van der Waals surface area contributed by atoms with E-state index in [0.717, 1.165) is 11.1 Å². The number of nitrogens with one attached hydrogen (secondary N) is 2. The van der Waals surface area contributed by atoms with Crippen LogP contribution in [0.4, 0.5) is 5.69 Å². The highest BCUT2D eigenvalue weighted by molar-refractivity contribution is 6.06. The Morgan fingerprint density at radius 1 is 0.919 bits per heavy atom. The number of carbonyl (C=O) groups excluding carboxylic acids is 2. The molecule has 2 N–H and O–H groups in total. The van der Waals surface area contributed by atoms with Crippen LogP contribution in [-0.2, 0) is 6.54 Å². The van der Waals surface area contributed by atoms with Crippen molar-refractivity contribution in [2.45, 2.75) is 26.4 Å². The number of pyridine rings is 2. The lowest BCUT2D eigenvalue weighted by atomic mass is 10.1. The van der Waals surface area contributed by atoms with Gasteiger partial charge in [0.15, 0.2) is 5.65 Å². The third-order valence-corrected chi connectivity index (χ3v) is 5.95. The van der Waals surface area contributed by atoms with Crippen LogP contribution in [0.2, 0.25) is 0 Å². The Hall–Kier alpha value is -4.85. The first kappa shape index (κ1) is 23.9. The largest absolute Gasteiger partial charge is 0.348 e. The van der Waals surface area contributed by atoms with Crippen LogP contribution < -0.4 is 10.6 Å². The molecular formula is C29H26N6O2. The molecule has 5 aromatic rings. The Bertz CT molecular complexity index is 1560. The van der Waals surface area contributed by atoms with Gasteiger partial charge in [0, 0.05) is 41.8 Å². The monoisotopic (exact) mass is 490 g/mol. The Morgan fingerprint density at radius 2 is 1.70 bits per heavy atom. The van der Waals surface area contributed by atoms with E-state index < -0.39 is 0 Å². The van der Waals surface area contributed by atoms with E-state index >= 15 is 0 Å². The van der Waals surface area contributed by atoms with Gasteiger partial charge in [0.1, 0.15) is 0 Å². The summed E-state index contributed by atoms with van der Waals surface area (Å²) in [4.78, 5) is 34.6. The molecule has 0 fully saturated rings. The molecule has 8 nitrogen and oxygen atoms in total. The lowest BCUT2D eigenvalue weighted by molar-refractivity contribution is 0.0951. The zero-order chi connectivity index (χ0) is 25.8. The third kappa shape index (κ3) is 5.23. The number of aromatic nitrogens is 4. The van der Waals surface area contributed by atoms with E-state index in [1.165, 1.54) is 0 Å². The standard InChI is InChI=1S/C29H26N6O2/c1-19(2)35-27-25(18-32-35)24(16-26(34-27)21-8-4-3-5-9-21)29(37)31-17-20-7-6-10-23(15-20)33-28(36)22-11-13-30-14-12-22/h3-16,18-19H,17H2,1-2H3,(H,31,37)(H,33,36). The van der Waals surface area contributed by atoms with Crippen molar-refractivity contribution >= 4 is 28.5 Å². The number of carbonyl (C=O) groups is 2. The SMILES string of the molecule is CC(C)n1ncc2c(C(=O)NCc3cccc(NC(=O)c4ccncc4)c3)cc(-c3ccccc3)nc21. The molecule has 0 atom stereocenters. The van der Waals surface area contributed by atoms with Crippen LogP contribution in [0.5, 0.6) is 0 Å². The van der Waals surface area contributed by atoms with Crippen molar-refractivity contribution in [3.05, 3.63) is 108 Å². The Balaban J connectivity index is 1.38. The van der Waals surface area contributed by atoms with Gasteiger partial charge in [0.25, 0.3) is 11.8 Å². The average molecular weight is 491 g/mol. The fourth-order valence-corrected chi connectivity index (χ4v) is 4.08. The molecule has 3 heterocycles. The summed E-state index contributed by atoms with van der Waals surface area (Å²) in [7, 11) is 0. The lowest BCUT2D eigenvalue weighted by Gasteiger charge is -2.12. The summed E-state index contributed by atoms with van der Waals surface area (Å²) in [6.07, 6.45) is 4.84. The van der Waals surface area contributed by atoms with Crippen molar-refractivity contribution in [3.63, 3.8) is 0 Å². The Labute approximate surface area is 214 Å². The minimum Gasteiger partial charge on any atom is -0.348 e. The molecule has 5 rings (SSSR count). The summed E-state index contributed by atoms with van der Waals surface area (Å²) < 4.78 is 1.83. The number of hydrogen-bond donors (Lipinski definition) is 2. The molecule has 0 saturated heterocycles. The van der Waals surface area contributed by atoms with Gasteiger partial charge in [0.05, 0.1) is 22.8 Å². The summed E-state index contributed by atoms with van der Waals surface area (Å²) in [5.41, 5.74) is 4.83. The van der Waals surface area contributed by atoms with E-state index in [1.54, 1.807) is 30.7 Å². The number of rotatable bonds is 7. The molecule has 37 heavy (non-hydrogen) atoms. The van der Waals surface area contributed by atoms with Gasteiger partial charge in [-0.3, -0.25) is 14.6 Å². The molecule has 2 amide bonds. The van der Waals surface area contributed by atoms with Gasteiger partial charge in [-0.1, -0.05) is 42.5 Å². The minimum absolute atomic E-state index is 0.0945. The molecule has 0 aliphatic rings. The molecule has 0 aliphatic carbocycles. The molecular weight excluding hydrogens is 464 g/mol. The maximum absolute atomic E-state index is 13.4. The quantitative estimate of drug-likeness (QED) is 0.324. The second-order valence-electron chi connectivity index (χ2n) is 8.91. The predicted molar refractivity (Wildman–Crippen MR) is 143 cm³/mol. The Kier molecular flexibility index (Phi) is 6.72. The van der Waals surface area contributed by atoms with Gasteiger partial charge in [0.2, 0.25) is 0 Å². The highest BCUT2D eigenvalue weighted by atomic mass is 16.2. The molecule has 2 aromatic carbocycles. The van der Waals surface area contributed by atoms with E-state index in [9.17, 15) is 9.59 Å². The second-order valence-corrected chi connectivity index (χ2v) is 8.91. The van der Waals surface area contributed by atoms with Gasteiger partial charge in [-0.15, -0.1) is 0 Å². The highest BCUT2D eigenvalue weighted by Gasteiger charge is 2.18. The number of hydrogen-bond acceptors (Lipinski definition) is 5.